The second-order valence-corrected chi connectivity index (χ2v) is 8.95. The first-order valence-corrected chi connectivity index (χ1v) is 10.5. The number of carbonyl (C=O) groups is 1. The van der Waals surface area contributed by atoms with Gasteiger partial charge in [-0.2, -0.15) is 0 Å². The van der Waals surface area contributed by atoms with E-state index in [1.165, 1.54) is 5.56 Å². The van der Waals surface area contributed by atoms with Crippen LogP contribution in [0.2, 0.25) is 0 Å². The Balaban J connectivity index is 1.87. The van der Waals surface area contributed by atoms with Gasteiger partial charge in [0.25, 0.3) is 5.91 Å². The van der Waals surface area contributed by atoms with Crippen LogP contribution in [0.1, 0.15) is 48.7 Å². The smallest absolute Gasteiger partial charge is 0.259 e. The normalized spacial score (nSPS) is 19.5. The molecule has 31 heavy (non-hydrogen) atoms. The predicted molar refractivity (Wildman–Crippen MR) is 124 cm³/mol. The lowest BCUT2D eigenvalue weighted by Gasteiger charge is -2.51. The second kappa shape index (κ2) is 7.77. The van der Waals surface area contributed by atoms with Gasteiger partial charge < -0.3 is 14.4 Å². The average molecular weight is 416 g/mol. The highest BCUT2D eigenvalue weighted by Gasteiger charge is 2.47. The summed E-state index contributed by atoms with van der Waals surface area (Å²) >= 11 is 0. The lowest BCUT2D eigenvalue weighted by molar-refractivity contribution is 0.0948. The molecule has 3 aromatic rings. The zero-order valence-corrected chi connectivity index (χ0v) is 18.8. The Morgan fingerprint density at radius 2 is 1.42 bits per heavy atom. The first-order chi connectivity index (χ1) is 14.8. The minimum Gasteiger partial charge on any atom is -0.497 e. The van der Waals surface area contributed by atoms with E-state index in [1.54, 1.807) is 32.4 Å². The molecule has 4 nitrogen and oxygen atoms in total. The number of amides is 1. The summed E-state index contributed by atoms with van der Waals surface area (Å²) in [5.41, 5.74) is 3.28. The van der Waals surface area contributed by atoms with Crippen LogP contribution in [0.15, 0.2) is 72.8 Å². The van der Waals surface area contributed by atoms with E-state index < -0.39 is 5.54 Å². The third-order valence-electron chi connectivity index (χ3n) is 6.34. The van der Waals surface area contributed by atoms with Crippen molar-refractivity contribution in [2.75, 3.05) is 19.1 Å². The molecular formula is C27H29NO3. The van der Waals surface area contributed by atoms with Gasteiger partial charge in [-0.15, -0.1) is 0 Å². The van der Waals surface area contributed by atoms with Crippen LogP contribution in [0.4, 0.5) is 5.69 Å². The van der Waals surface area contributed by atoms with Crippen molar-refractivity contribution in [1.82, 2.24) is 0 Å². The van der Waals surface area contributed by atoms with Gasteiger partial charge in [-0.3, -0.25) is 4.79 Å². The van der Waals surface area contributed by atoms with E-state index in [0.29, 0.717) is 17.1 Å². The Kier molecular flexibility index (Phi) is 5.26. The highest BCUT2D eigenvalue weighted by Crippen LogP contribution is 2.50. The topological polar surface area (TPSA) is 38.8 Å². The fourth-order valence-corrected chi connectivity index (χ4v) is 5.01. The highest BCUT2D eigenvalue weighted by atomic mass is 16.5. The van der Waals surface area contributed by atoms with Crippen LogP contribution in [0, 0.1) is 0 Å². The van der Waals surface area contributed by atoms with Gasteiger partial charge in [0.05, 0.1) is 14.2 Å². The van der Waals surface area contributed by atoms with Crippen LogP contribution in [0.5, 0.6) is 11.5 Å². The van der Waals surface area contributed by atoms with Gasteiger partial charge in [-0.05, 0) is 49.6 Å². The van der Waals surface area contributed by atoms with Crippen molar-refractivity contribution in [3.05, 3.63) is 89.5 Å². The second-order valence-electron chi connectivity index (χ2n) is 8.95. The van der Waals surface area contributed by atoms with E-state index in [2.05, 4.69) is 57.2 Å². The summed E-state index contributed by atoms with van der Waals surface area (Å²) in [4.78, 5) is 15.8. The largest absolute Gasteiger partial charge is 0.497 e. The van der Waals surface area contributed by atoms with Crippen molar-refractivity contribution in [2.45, 2.75) is 38.1 Å². The number of hydrogen-bond acceptors (Lipinski definition) is 3. The van der Waals surface area contributed by atoms with Crippen LogP contribution < -0.4 is 14.4 Å². The van der Waals surface area contributed by atoms with Crippen molar-refractivity contribution < 1.29 is 14.3 Å². The SMILES string of the molecule is COc1cc(OC)cc(C(=O)N2c3ccccc3[C@](C)(c3ccccc3)CC2(C)C)c1. The highest BCUT2D eigenvalue weighted by molar-refractivity contribution is 6.08. The van der Waals surface area contributed by atoms with Gasteiger partial charge in [-0.25, -0.2) is 0 Å². The standard InChI is InChI=1S/C27H29NO3/c1-26(2)18-27(3,20-11-7-6-8-12-20)23-13-9-10-14-24(23)28(26)25(29)19-15-21(30-4)17-22(16-19)31-5/h6-17H,18H2,1-5H3/t27-/m0/s1. The summed E-state index contributed by atoms with van der Waals surface area (Å²) in [6.07, 6.45) is 0.799. The summed E-state index contributed by atoms with van der Waals surface area (Å²) < 4.78 is 10.8. The molecule has 0 bridgehead atoms. The summed E-state index contributed by atoms with van der Waals surface area (Å²) in [6.45, 7) is 6.55. The molecule has 0 aromatic heterocycles. The molecule has 4 heteroatoms. The molecule has 1 aliphatic rings. The van der Waals surface area contributed by atoms with Crippen LogP contribution >= 0.6 is 0 Å². The number of ether oxygens (including phenoxy) is 2. The van der Waals surface area contributed by atoms with Gasteiger partial charge in [-0.1, -0.05) is 55.5 Å². The molecule has 0 saturated carbocycles. The lowest BCUT2D eigenvalue weighted by atomic mass is 9.65. The third-order valence-corrected chi connectivity index (χ3v) is 6.34. The van der Waals surface area contributed by atoms with E-state index in [0.717, 1.165) is 17.7 Å². The molecular weight excluding hydrogens is 386 g/mol. The first kappa shape index (κ1) is 21.0. The van der Waals surface area contributed by atoms with E-state index in [-0.39, 0.29) is 11.3 Å². The molecule has 0 aliphatic carbocycles. The Hall–Kier alpha value is -3.27. The molecule has 1 amide bonds. The summed E-state index contributed by atoms with van der Waals surface area (Å²) in [6, 6.07) is 24.1. The number of rotatable bonds is 4. The van der Waals surface area contributed by atoms with Crippen LogP contribution in [-0.4, -0.2) is 25.7 Å². The molecule has 0 fully saturated rings. The van der Waals surface area contributed by atoms with Crippen molar-refractivity contribution in [3.8, 4) is 11.5 Å². The quantitative estimate of drug-likeness (QED) is 0.537. The molecule has 0 unspecified atom stereocenters. The Morgan fingerprint density at radius 3 is 2.03 bits per heavy atom. The number of hydrogen-bond donors (Lipinski definition) is 0. The molecule has 3 aromatic carbocycles. The van der Waals surface area contributed by atoms with Crippen molar-refractivity contribution in [1.29, 1.82) is 0 Å². The third kappa shape index (κ3) is 3.56. The number of para-hydroxylation sites is 1. The van der Waals surface area contributed by atoms with E-state index in [4.69, 9.17) is 9.47 Å². The van der Waals surface area contributed by atoms with E-state index >= 15 is 0 Å². The van der Waals surface area contributed by atoms with Crippen LogP contribution in [0.3, 0.4) is 0 Å². The lowest BCUT2D eigenvalue weighted by Crippen LogP contribution is -2.55. The fraction of sp³-hybridized carbons (Fsp3) is 0.296. The van der Waals surface area contributed by atoms with Gasteiger partial charge in [0, 0.05) is 28.3 Å². The first-order valence-electron chi connectivity index (χ1n) is 10.5. The zero-order valence-electron chi connectivity index (χ0n) is 18.8. The summed E-state index contributed by atoms with van der Waals surface area (Å²) in [5.74, 6) is 1.13. The van der Waals surface area contributed by atoms with E-state index in [1.807, 2.05) is 23.1 Å². The fourth-order valence-electron chi connectivity index (χ4n) is 5.01. The minimum absolute atomic E-state index is 0.0650. The molecule has 0 saturated heterocycles. The van der Waals surface area contributed by atoms with Crippen molar-refractivity contribution in [2.24, 2.45) is 0 Å². The van der Waals surface area contributed by atoms with Crippen molar-refractivity contribution in [3.63, 3.8) is 0 Å². The maximum absolute atomic E-state index is 13.9. The summed E-state index contributed by atoms with van der Waals surface area (Å²) in [5, 5.41) is 0. The molecule has 0 spiro atoms. The zero-order chi connectivity index (χ0) is 22.2. The number of benzene rings is 3. The van der Waals surface area contributed by atoms with Crippen molar-refractivity contribution >= 4 is 11.6 Å². The Labute approximate surface area is 184 Å². The Bertz CT molecular complexity index is 1080. The van der Waals surface area contributed by atoms with Gasteiger partial charge in [0.15, 0.2) is 0 Å². The monoisotopic (exact) mass is 415 g/mol. The number of fused-ring (bicyclic) bond motifs is 1. The Morgan fingerprint density at radius 1 is 0.839 bits per heavy atom. The number of anilines is 1. The van der Waals surface area contributed by atoms with Gasteiger partial charge >= 0.3 is 0 Å². The predicted octanol–water partition coefficient (Wildman–Crippen LogP) is 5.84. The van der Waals surface area contributed by atoms with Gasteiger partial charge in [0.2, 0.25) is 0 Å². The number of carbonyl (C=O) groups excluding carboxylic acids is 1. The molecule has 4 rings (SSSR count). The minimum atomic E-state index is -0.410. The maximum Gasteiger partial charge on any atom is 0.259 e. The number of nitrogens with zero attached hydrogens (tertiary/aromatic N) is 1. The molecule has 0 radical (unpaired) electrons. The molecule has 1 atom stereocenters. The molecule has 1 aliphatic heterocycles. The van der Waals surface area contributed by atoms with Crippen LogP contribution in [-0.2, 0) is 5.41 Å². The maximum atomic E-state index is 13.9. The summed E-state index contributed by atoms with van der Waals surface area (Å²) in [7, 11) is 3.18. The molecule has 1 heterocycles. The number of methoxy groups -OCH3 is 2. The van der Waals surface area contributed by atoms with E-state index in [9.17, 15) is 4.79 Å². The molecule has 0 N–H and O–H groups in total. The average Bonchev–Trinajstić information content (AvgIpc) is 2.78. The van der Waals surface area contributed by atoms with Crippen LogP contribution in [0.25, 0.3) is 0 Å². The van der Waals surface area contributed by atoms with Gasteiger partial charge in [0.1, 0.15) is 11.5 Å². The molecule has 160 valence electrons.